The zero-order valence-electron chi connectivity index (χ0n) is 11.7. The van der Waals surface area contributed by atoms with Gasteiger partial charge in [-0.25, -0.2) is 0 Å². The summed E-state index contributed by atoms with van der Waals surface area (Å²) in [4.78, 5) is 11.8. The van der Waals surface area contributed by atoms with Gasteiger partial charge in [-0.2, -0.15) is 0 Å². The average Bonchev–Trinajstić information content (AvgIpc) is 2.37. The number of carbonyl (C=O) groups excluding carboxylic acids is 1. The van der Waals surface area contributed by atoms with Crippen LogP contribution in [-0.4, -0.2) is 12.6 Å². The van der Waals surface area contributed by atoms with E-state index in [1.54, 1.807) is 0 Å². The van der Waals surface area contributed by atoms with Crippen LogP contribution in [0.3, 0.4) is 0 Å². The van der Waals surface area contributed by atoms with Crippen LogP contribution in [-0.2, 0) is 9.53 Å². The van der Waals surface area contributed by atoms with E-state index in [1.165, 1.54) is 5.56 Å². The molecule has 0 radical (unpaired) electrons. The second kappa shape index (κ2) is 7.91. The van der Waals surface area contributed by atoms with Crippen molar-refractivity contribution in [3.8, 4) is 0 Å². The van der Waals surface area contributed by atoms with E-state index >= 15 is 0 Å². The van der Waals surface area contributed by atoms with Crippen molar-refractivity contribution in [1.29, 1.82) is 0 Å². The van der Waals surface area contributed by atoms with Crippen LogP contribution in [0.1, 0.15) is 51.5 Å². The Bertz CT molecular complexity index is 343. The molecule has 1 aromatic carbocycles. The lowest BCUT2D eigenvalue weighted by Crippen LogP contribution is -2.13. The molecule has 100 valence electrons. The van der Waals surface area contributed by atoms with Crippen molar-refractivity contribution in [2.45, 2.75) is 46.0 Å². The highest BCUT2D eigenvalue weighted by atomic mass is 16.5. The summed E-state index contributed by atoms with van der Waals surface area (Å²) < 4.78 is 5.26. The molecule has 1 aromatic rings. The maximum Gasteiger partial charge on any atom is 0.306 e. The molecular weight excluding hydrogens is 224 g/mol. The SMILES string of the molecule is CCCC(CC(=O)OCC(C)C)c1ccccc1. The minimum absolute atomic E-state index is 0.0778. The fourth-order valence-corrected chi connectivity index (χ4v) is 1.98. The summed E-state index contributed by atoms with van der Waals surface area (Å²) in [5, 5.41) is 0. The van der Waals surface area contributed by atoms with Gasteiger partial charge in [0.2, 0.25) is 0 Å². The fraction of sp³-hybridized carbons (Fsp3) is 0.562. The molecule has 0 heterocycles. The van der Waals surface area contributed by atoms with Crippen LogP contribution in [0.4, 0.5) is 0 Å². The predicted molar refractivity (Wildman–Crippen MR) is 74.5 cm³/mol. The molecule has 0 aliphatic heterocycles. The third-order valence-electron chi connectivity index (χ3n) is 2.90. The molecule has 1 atom stereocenters. The quantitative estimate of drug-likeness (QED) is 0.677. The number of ether oxygens (including phenoxy) is 1. The van der Waals surface area contributed by atoms with Crippen molar-refractivity contribution in [2.24, 2.45) is 5.92 Å². The molecule has 0 aromatic heterocycles. The van der Waals surface area contributed by atoms with Gasteiger partial charge in [0.1, 0.15) is 0 Å². The Morgan fingerprint density at radius 2 is 1.89 bits per heavy atom. The van der Waals surface area contributed by atoms with Gasteiger partial charge in [0.15, 0.2) is 0 Å². The molecule has 0 aliphatic rings. The molecule has 0 amide bonds. The zero-order valence-corrected chi connectivity index (χ0v) is 11.7. The Kier molecular flexibility index (Phi) is 6.48. The van der Waals surface area contributed by atoms with Gasteiger partial charge in [0.05, 0.1) is 13.0 Å². The fourth-order valence-electron chi connectivity index (χ4n) is 1.98. The lowest BCUT2D eigenvalue weighted by atomic mass is 9.91. The van der Waals surface area contributed by atoms with Crippen LogP contribution in [0.25, 0.3) is 0 Å². The number of rotatable bonds is 7. The first-order valence-corrected chi connectivity index (χ1v) is 6.84. The minimum atomic E-state index is -0.0778. The van der Waals surface area contributed by atoms with E-state index in [0.29, 0.717) is 18.9 Å². The zero-order chi connectivity index (χ0) is 13.4. The Balaban J connectivity index is 2.55. The molecule has 2 nitrogen and oxygen atoms in total. The van der Waals surface area contributed by atoms with E-state index in [-0.39, 0.29) is 11.9 Å². The molecule has 0 bridgehead atoms. The molecule has 0 fully saturated rings. The van der Waals surface area contributed by atoms with Gasteiger partial charge in [0.25, 0.3) is 0 Å². The van der Waals surface area contributed by atoms with Crippen molar-refractivity contribution >= 4 is 5.97 Å². The van der Waals surface area contributed by atoms with E-state index in [4.69, 9.17) is 4.74 Å². The third-order valence-corrected chi connectivity index (χ3v) is 2.90. The largest absolute Gasteiger partial charge is 0.465 e. The number of hydrogen-bond donors (Lipinski definition) is 0. The Morgan fingerprint density at radius 3 is 2.44 bits per heavy atom. The van der Waals surface area contributed by atoms with E-state index in [9.17, 15) is 4.79 Å². The highest BCUT2D eigenvalue weighted by Crippen LogP contribution is 2.25. The summed E-state index contributed by atoms with van der Waals surface area (Å²) in [5.74, 6) is 0.608. The molecule has 18 heavy (non-hydrogen) atoms. The maximum absolute atomic E-state index is 11.8. The van der Waals surface area contributed by atoms with Crippen LogP contribution in [0, 0.1) is 5.92 Å². The minimum Gasteiger partial charge on any atom is -0.465 e. The van der Waals surface area contributed by atoms with E-state index in [0.717, 1.165) is 12.8 Å². The van der Waals surface area contributed by atoms with Gasteiger partial charge in [-0.05, 0) is 23.8 Å². The summed E-state index contributed by atoms with van der Waals surface area (Å²) in [6.45, 7) is 6.77. The Labute approximate surface area is 110 Å². The standard InChI is InChI=1S/C16H24O2/c1-4-8-15(14-9-6-5-7-10-14)11-16(17)18-12-13(2)3/h5-7,9-10,13,15H,4,8,11-12H2,1-3H3. The summed E-state index contributed by atoms with van der Waals surface area (Å²) in [7, 11) is 0. The lowest BCUT2D eigenvalue weighted by molar-refractivity contribution is -0.145. The number of hydrogen-bond acceptors (Lipinski definition) is 2. The molecule has 0 spiro atoms. The maximum atomic E-state index is 11.8. The number of benzene rings is 1. The normalized spacial score (nSPS) is 12.4. The summed E-state index contributed by atoms with van der Waals surface area (Å²) in [6.07, 6.45) is 2.60. The van der Waals surface area contributed by atoms with Gasteiger partial charge in [0, 0.05) is 0 Å². The Hall–Kier alpha value is -1.31. The topological polar surface area (TPSA) is 26.3 Å². The van der Waals surface area contributed by atoms with Crippen molar-refractivity contribution in [3.63, 3.8) is 0 Å². The number of esters is 1. The second-order valence-corrected chi connectivity index (χ2v) is 5.18. The van der Waals surface area contributed by atoms with Crippen LogP contribution in [0.15, 0.2) is 30.3 Å². The van der Waals surface area contributed by atoms with Gasteiger partial charge in [-0.3, -0.25) is 4.79 Å². The first-order chi connectivity index (χ1) is 8.63. The van der Waals surface area contributed by atoms with Crippen LogP contribution in [0.2, 0.25) is 0 Å². The first kappa shape index (κ1) is 14.7. The molecule has 0 aliphatic carbocycles. The molecule has 1 unspecified atom stereocenters. The van der Waals surface area contributed by atoms with Crippen molar-refractivity contribution in [1.82, 2.24) is 0 Å². The van der Waals surface area contributed by atoms with Crippen molar-refractivity contribution in [2.75, 3.05) is 6.61 Å². The molecule has 0 N–H and O–H groups in total. The average molecular weight is 248 g/mol. The number of carbonyl (C=O) groups is 1. The van der Waals surface area contributed by atoms with Crippen LogP contribution < -0.4 is 0 Å². The van der Waals surface area contributed by atoms with Gasteiger partial charge in [-0.1, -0.05) is 57.5 Å². The summed E-state index contributed by atoms with van der Waals surface area (Å²) in [6, 6.07) is 10.2. The molecule has 1 rings (SSSR count). The third kappa shape index (κ3) is 5.35. The smallest absolute Gasteiger partial charge is 0.306 e. The van der Waals surface area contributed by atoms with Crippen molar-refractivity contribution < 1.29 is 9.53 Å². The van der Waals surface area contributed by atoms with E-state index < -0.39 is 0 Å². The van der Waals surface area contributed by atoms with Crippen LogP contribution in [0.5, 0.6) is 0 Å². The van der Waals surface area contributed by atoms with Gasteiger partial charge >= 0.3 is 5.97 Å². The van der Waals surface area contributed by atoms with E-state index in [2.05, 4.69) is 19.1 Å². The second-order valence-electron chi connectivity index (χ2n) is 5.18. The van der Waals surface area contributed by atoms with Gasteiger partial charge in [-0.15, -0.1) is 0 Å². The Morgan fingerprint density at radius 1 is 1.22 bits per heavy atom. The molecule has 0 saturated carbocycles. The van der Waals surface area contributed by atoms with Crippen LogP contribution >= 0.6 is 0 Å². The molecule has 2 heteroatoms. The van der Waals surface area contributed by atoms with E-state index in [1.807, 2.05) is 32.0 Å². The lowest BCUT2D eigenvalue weighted by Gasteiger charge is -2.16. The first-order valence-electron chi connectivity index (χ1n) is 6.84. The highest BCUT2D eigenvalue weighted by Gasteiger charge is 2.16. The van der Waals surface area contributed by atoms with Crippen molar-refractivity contribution in [3.05, 3.63) is 35.9 Å². The summed E-state index contributed by atoms with van der Waals surface area (Å²) >= 11 is 0. The van der Waals surface area contributed by atoms with Gasteiger partial charge < -0.3 is 4.74 Å². The predicted octanol–water partition coefficient (Wildman–Crippen LogP) is 4.16. The molecular formula is C16H24O2. The summed E-state index contributed by atoms with van der Waals surface area (Å²) in [5.41, 5.74) is 1.24. The monoisotopic (exact) mass is 248 g/mol. The molecule has 0 saturated heterocycles. The highest BCUT2D eigenvalue weighted by molar-refractivity contribution is 5.70.